The zero-order valence-corrected chi connectivity index (χ0v) is 18.6. The Bertz CT molecular complexity index is 910. The number of benzene rings is 2. The molecule has 1 N–H and O–H groups in total. The van der Waals surface area contributed by atoms with E-state index in [1.807, 2.05) is 49.5 Å². The summed E-state index contributed by atoms with van der Waals surface area (Å²) >= 11 is 7.79. The van der Waals surface area contributed by atoms with Crippen molar-refractivity contribution >= 4 is 35.8 Å². The normalized spacial score (nSPS) is 10.4. The molecule has 3 aromatic rings. The summed E-state index contributed by atoms with van der Waals surface area (Å²) in [6.07, 6.45) is 0. The minimum absolute atomic E-state index is 0. The molecule has 7 nitrogen and oxygen atoms in total. The molecule has 0 unspecified atom stereocenters. The SMILES string of the molecule is COc1cc(CNCCSc2nnnn2C)ccc1OCc1ccccc1Cl.Cl. The number of ether oxygens (including phenoxy) is 2. The molecule has 0 spiro atoms. The zero-order chi connectivity index (χ0) is 19.8. The van der Waals surface area contributed by atoms with Gasteiger partial charge in [-0.25, -0.2) is 4.68 Å². The first kappa shape index (κ1) is 23.3. The van der Waals surface area contributed by atoms with E-state index < -0.39 is 0 Å². The molecule has 1 aromatic heterocycles. The van der Waals surface area contributed by atoms with Crippen molar-refractivity contribution < 1.29 is 9.47 Å². The largest absolute Gasteiger partial charge is 0.493 e. The second-order valence-electron chi connectivity index (χ2n) is 5.98. The number of tetrazole rings is 1. The van der Waals surface area contributed by atoms with Gasteiger partial charge >= 0.3 is 0 Å². The van der Waals surface area contributed by atoms with Crippen molar-refractivity contribution in [1.29, 1.82) is 0 Å². The van der Waals surface area contributed by atoms with Gasteiger partial charge in [-0.05, 0) is 34.2 Å². The molecule has 10 heteroatoms. The van der Waals surface area contributed by atoms with Crippen LogP contribution in [0.5, 0.6) is 11.5 Å². The third-order valence-electron chi connectivity index (χ3n) is 3.99. The fraction of sp³-hybridized carbons (Fsp3) is 0.316. The Kier molecular flexibility index (Phi) is 9.53. The van der Waals surface area contributed by atoms with Crippen LogP contribution in [-0.2, 0) is 20.2 Å². The molecule has 0 fully saturated rings. The summed E-state index contributed by atoms with van der Waals surface area (Å²) in [5.41, 5.74) is 2.06. The molecule has 0 aliphatic carbocycles. The van der Waals surface area contributed by atoms with Gasteiger partial charge in [0, 0.05) is 36.5 Å². The summed E-state index contributed by atoms with van der Waals surface area (Å²) in [6, 6.07) is 13.6. The molecule has 0 radical (unpaired) electrons. The van der Waals surface area contributed by atoms with Gasteiger partial charge in [-0.3, -0.25) is 0 Å². The van der Waals surface area contributed by atoms with Gasteiger partial charge < -0.3 is 14.8 Å². The Balaban J connectivity index is 0.00000300. The molecule has 0 saturated heterocycles. The van der Waals surface area contributed by atoms with Crippen LogP contribution in [0.15, 0.2) is 47.6 Å². The van der Waals surface area contributed by atoms with Crippen LogP contribution in [0.4, 0.5) is 0 Å². The maximum Gasteiger partial charge on any atom is 0.209 e. The van der Waals surface area contributed by atoms with Gasteiger partial charge in [-0.1, -0.05) is 47.6 Å². The van der Waals surface area contributed by atoms with Crippen LogP contribution in [0, 0.1) is 0 Å². The van der Waals surface area contributed by atoms with E-state index in [-0.39, 0.29) is 12.4 Å². The van der Waals surface area contributed by atoms with E-state index in [0.717, 1.165) is 35.1 Å². The molecule has 3 rings (SSSR count). The van der Waals surface area contributed by atoms with Crippen LogP contribution in [0.1, 0.15) is 11.1 Å². The Hall–Kier alpha value is -2.00. The summed E-state index contributed by atoms with van der Waals surface area (Å²) < 4.78 is 13.0. The number of methoxy groups -OCH3 is 1. The molecule has 0 amide bonds. The maximum absolute atomic E-state index is 6.18. The smallest absolute Gasteiger partial charge is 0.209 e. The summed E-state index contributed by atoms with van der Waals surface area (Å²) in [4.78, 5) is 0. The summed E-state index contributed by atoms with van der Waals surface area (Å²) in [5.74, 6) is 2.27. The van der Waals surface area contributed by atoms with Crippen molar-refractivity contribution in [3.8, 4) is 11.5 Å². The van der Waals surface area contributed by atoms with Crippen molar-refractivity contribution in [2.45, 2.75) is 18.3 Å². The minimum atomic E-state index is 0. The number of thioether (sulfide) groups is 1. The first-order chi connectivity index (χ1) is 13.7. The summed E-state index contributed by atoms with van der Waals surface area (Å²) in [6.45, 7) is 1.96. The summed E-state index contributed by atoms with van der Waals surface area (Å²) in [5, 5.41) is 16.3. The van der Waals surface area contributed by atoms with E-state index >= 15 is 0 Å². The second-order valence-corrected chi connectivity index (χ2v) is 7.44. The van der Waals surface area contributed by atoms with Gasteiger partial charge in [0.05, 0.1) is 7.11 Å². The van der Waals surface area contributed by atoms with Gasteiger partial charge in [-0.2, -0.15) is 0 Å². The third-order valence-corrected chi connectivity index (χ3v) is 5.37. The quantitative estimate of drug-likeness (QED) is 0.368. The highest BCUT2D eigenvalue weighted by molar-refractivity contribution is 7.99. The Labute approximate surface area is 185 Å². The van der Waals surface area contributed by atoms with Crippen LogP contribution in [0.3, 0.4) is 0 Å². The Morgan fingerprint density at radius 3 is 2.72 bits per heavy atom. The number of hydrogen-bond donors (Lipinski definition) is 1. The van der Waals surface area contributed by atoms with Crippen LogP contribution < -0.4 is 14.8 Å². The number of nitrogens with zero attached hydrogens (tertiary/aromatic N) is 4. The fourth-order valence-corrected chi connectivity index (χ4v) is 3.44. The maximum atomic E-state index is 6.18. The van der Waals surface area contributed by atoms with Gasteiger partial charge in [0.1, 0.15) is 6.61 Å². The van der Waals surface area contributed by atoms with E-state index in [1.54, 1.807) is 23.6 Å². The van der Waals surface area contributed by atoms with Gasteiger partial charge in [0.2, 0.25) is 5.16 Å². The first-order valence-corrected chi connectivity index (χ1v) is 10.1. The lowest BCUT2D eigenvalue weighted by Crippen LogP contribution is -2.16. The Morgan fingerprint density at radius 2 is 2.00 bits per heavy atom. The highest BCUT2D eigenvalue weighted by atomic mass is 35.5. The van der Waals surface area contributed by atoms with Crippen LogP contribution in [0.25, 0.3) is 0 Å². The lowest BCUT2D eigenvalue weighted by atomic mass is 10.2. The highest BCUT2D eigenvalue weighted by Crippen LogP contribution is 2.29. The van der Waals surface area contributed by atoms with E-state index in [9.17, 15) is 0 Å². The van der Waals surface area contributed by atoms with E-state index in [1.165, 1.54) is 0 Å². The summed E-state index contributed by atoms with van der Waals surface area (Å²) in [7, 11) is 3.47. The van der Waals surface area contributed by atoms with Crippen LogP contribution in [0.2, 0.25) is 5.02 Å². The number of hydrogen-bond acceptors (Lipinski definition) is 7. The molecular weight excluding hydrogens is 433 g/mol. The molecule has 0 bridgehead atoms. The van der Waals surface area contributed by atoms with Crippen molar-refractivity contribution in [3.05, 3.63) is 58.6 Å². The predicted molar refractivity (Wildman–Crippen MR) is 117 cm³/mol. The average molecular weight is 456 g/mol. The predicted octanol–water partition coefficient (Wildman–Crippen LogP) is 3.75. The van der Waals surface area contributed by atoms with Crippen molar-refractivity contribution in [2.24, 2.45) is 7.05 Å². The van der Waals surface area contributed by atoms with Crippen LogP contribution >= 0.6 is 35.8 Å². The molecule has 1 heterocycles. The van der Waals surface area contributed by atoms with Crippen molar-refractivity contribution in [1.82, 2.24) is 25.5 Å². The monoisotopic (exact) mass is 455 g/mol. The number of rotatable bonds is 10. The Morgan fingerprint density at radius 1 is 1.17 bits per heavy atom. The van der Waals surface area contributed by atoms with Crippen molar-refractivity contribution in [3.63, 3.8) is 0 Å². The molecule has 156 valence electrons. The molecule has 0 aliphatic rings. The van der Waals surface area contributed by atoms with E-state index in [0.29, 0.717) is 23.1 Å². The topological polar surface area (TPSA) is 74.1 Å². The molecular formula is C19H23Cl2N5O2S. The lowest BCUT2D eigenvalue weighted by molar-refractivity contribution is 0.284. The molecule has 2 aromatic carbocycles. The number of aryl methyl sites for hydroxylation is 1. The van der Waals surface area contributed by atoms with Crippen molar-refractivity contribution in [2.75, 3.05) is 19.4 Å². The average Bonchev–Trinajstić information content (AvgIpc) is 3.12. The number of aromatic nitrogens is 4. The second kappa shape index (κ2) is 11.9. The molecule has 0 saturated carbocycles. The highest BCUT2D eigenvalue weighted by Gasteiger charge is 2.08. The van der Waals surface area contributed by atoms with Crippen LogP contribution in [-0.4, -0.2) is 39.6 Å². The van der Waals surface area contributed by atoms with Gasteiger partial charge in [-0.15, -0.1) is 17.5 Å². The molecule has 29 heavy (non-hydrogen) atoms. The van der Waals surface area contributed by atoms with E-state index in [2.05, 4.69) is 20.8 Å². The zero-order valence-electron chi connectivity index (χ0n) is 16.2. The molecule has 0 atom stereocenters. The minimum Gasteiger partial charge on any atom is -0.493 e. The molecule has 0 aliphatic heterocycles. The first-order valence-electron chi connectivity index (χ1n) is 8.76. The fourth-order valence-electron chi connectivity index (χ4n) is 2.50. The number of halogens is 2. The lowest BCUT2D eigenvalue weighted by Gasteiger charge is -2.13. The standard InChI is InChI=1S/C19H22ClN5O2S.ClH/c1-25-19(22-23-24-25)28-10-9-21-12-14-7-8-17(18(11-14)26-2)27-13-15-5-3-4-6-16(15)20;/h3-8,11,21H,9-10,12-13H2,1-2H3;1H. The van der Waals surface area contributed by atoms with Gasteiger partial charge in [0.15, 0.2) is 11.5 Å². The number of nitrogens with one attached hydrogen (secondary N) is 1. The van der Waals surface area contributed by atoms with E-state index in [4.69, 9.17) is 21.1 Å². The van der Waals surface area contributed by atoms with Gasteiger partial charge in [0.25, 0.3) is 0 Å². The third kappa shape index (κ3) is 6.78.